The summed E-state index contributed by atoms with van der Waals surface area (Å²) in [6.45, 7) is 7.98. The fraction of sp³-hybridized carbons (Fsp3) is 0.500. The third-order valence-electron chi connectivity index (χ3n) is 13.5. The lowest BCUT2D eigenvalue weighted by molar-refractivity contribution is -0.137. The summed E-state index contributed by atoms with van der Waals surface area (Å²) < 4.78 is 21.7. The highest BCUT2D eigenvalue weighted by atomic mass is 16.5. The predicted octanol–water partition coefficient (Wildman–Crippen LogP) is 6.53. The van der Waals surface area contributed by atoms with E-state index in [1.54, 1.807) is 0 Å². The highest BCUT2D eigenvalue weighted by Crippen LogP contribution is 2.46. The molecule has 6 atom stereocenters. The number of anilines is 2. The third-order valence-corrected chi connectivity index (χ3v) is 13.5. The van der Waals surface area contributed by atoms with E-state index in [1.807, 2.05) is 36.8 Å². The number of carbonyl (C=O) groups is 4. The molecule has 3 saturated heterocycles. The van der Waals surface area contributed by atoms with Crippen LogP contribution in [0, 0.1) is 11.8 Å². The number of aromatic amines is 1. The van der Waals surface area contributed by atoms with Gasteiger partial charge in [0.25, 0.3) is 0 Å². The molecule has 4 amide bonds. The Labute approximate surface area is 360 Å². The number of fused-ring (bicyclic) bond motifs is 6. The minimum absolute atomic E-state index is 0.0137. The Bertz CT molecular complexity index is 2380. The Morgan fingerprint density at radius 3 is 2.45 bits per heavy atom. The van der Waals surface area contributed by atoms with Crippen molar-refractivity contribution in [3.63, 3.8) is 0 Å². The van der Waals surface area contributed by atoms with Crippen molar-refractivity contribution in [2.75, 3.05) is 44.6 Å². The summed E-state index contributed by atoms with van der Waals surface area (Å²) in [6, 6.07) is 13.1. The summed E-state index contributed by atoms with van der Waals surface area (Å²) in [6.07, 6.45) is 5.04. The molecule has 62 heavy (non-hydrogen) atoms. The molecular formula is C46H56N8O8. The standard InChI is InChI=1S/C46H56N8O8/c1-24(2)38(51-45(57)59-4)44(56)54-25(3)8-13-36(54)41-47-22-34(49-41)28-9-11-30-29(19-28)23-62-37-21-31-27(20-32(30)37)10-12-33-40(31)50-42(48-33)35-7-6-16-53(35)43(55)39(52-46(58)60-5)26-14-17-61-18-15-26/h9-12,19-22,24-26,35-36,38-39,42,48,50H,6-8,13-18,23H2,1-5H3,(H,47,49)(H,51,57)(H,52,58)/t25-,35-,36-,38-,39-,42?/m0/s1. The number of alkyl carbamates (subject to hydrolysis) is 2. The molecule has 5 N–H and O–H groups in total. The molecule has 3 fully saturated rings. The van der Waals surface area contributed by atoms with E-state index in [2.05, 4.69) is 68.7 Å². The average molecular weight is 849 g/mol. The van der Waals surface area contributed by atoms with E-state index < -0.39 is 24.3 Å². The zero-order chi connectivity index (χ0) is 43.2. The maximum atomic E-state index is 14.2. The van der Waals surface area contributed by atoms with Crippen molar-refractivity contribution in [1.29, 1.82) is 0 Å². The van der Waals surface area contributed by atoms with Gasteiger partial charge in [-0.3, -0.25) is 9.59 Å². The Morgan fingerprint density at radius 1 is 0.887 bits per heavy atom. The first-order chi connectivity index (χ1) is 30.0. The molecular weight excluding hydrogens is 793 g/mol. The first-order valence-electron chi connectivity index (χ1n) is 21.9. The lowest BCUT2D eigenvalue weighted by atomic mass is 9.90. The molecule has 6 heterocycles. The van der Waals surface area contributed by atoms with Crippen LogP contribution in [0.2, 0.25) is 0 Å². The normalized spacial score (nSPS) is 22.7. The zero-order valence-corrected chi connectivity index (χ0v) is 35.9. The molecule has 328 valence electrons. The summed E-state index contributed by atoms with van der Waals surface area (Å²) in [7, 11) is 2.61. The lowest BCUT2D eigenvalue weighted by Gasteiger charge is -2.36. The molecule has 0 spiro atoms. The van der Waals surface area contributed by atoms with Crippen LogP contribution in [0.4, 0.5) is 21.0 Å². The van der Waals surface area contributed by atoms with Crippen LogP contribution in [0.5, 0.6) is 5.75 Å². The van der Waals surface area contributed by atoms with Crippen LogP contribution in [0.15, 0.2) is 48.7 Å². The van der Waals surface area contributed by atoms with Gasteiger partial charge in [-0.15, -0.1) is 0 Å². The van der Waals surface area contributed by atoms with Crippen LogP contribution in [-0.4, -0.2) is 108 Å². The van der Waals surface area contributed by atoms with E-state index >= 15 is 0 Å². The predicted molar refractivity (Wildman–Crippen MR) is 232 cm³/mol. The van der Waals surface area contributed by atoms with Gasteiger partial charge in [0.2, 0.25) is 11.8 Å². The Morgan fingerprint density at radius 2 is 1.68 bits per heavy atom. The van der Waals surface area contributed by atoms with Crippen LogP contribution < -0.4 is 26.0 Å². The van der Waals surface area contributed by atoms with E-state index in [9.17, 15) is 19.2 Å². The lowest BCUT2D eigenvalue weighted by Crippen LogP contribution is -2.57. The van der Waals surface area contributed by atoms with Gasteiger partial charge in [0.1, 0.15) is 36.4 Å². The second-order valence-electron chi connectivity index (χ2n) is 17.5. The number of methoxy groups -OCH3 is 2. The van der Waals surface area contributed by atoms with Gasteiger partial charge in [-0.25, -0.2) is 14.6 Å². The van der Waals surface area contributed by atoms with E-state index in [-0.39, 0.29) is 47.9 Å². The number of likely N-dealkylation sites (tertiary alicyclic amines) is 2. The molecule has 0 saturated carbocycles. The van der Waals surface area contributed by atoms with Gasteiger partial charge >= 0.3 is 12.2 Å². The number of carbonyl (C=O) groups excluding carboxylic acids is 4. The van der Waals surface area contributed by atoms with E-state index in [4.69, 9.17) is 23.9 Å². The van der Waals surface area contributed by atoms with Crippen molar-refractivity contribution < 1.29 is 38.1 Å². The van der Waals surface area contributed by atoms with Gasteiger partial charge in [-0.05, 0) is 104 Å². The molecule has 5 aliphatic rings. The Kier molecular flexibility index (Phi) is 11.4. The van der Waals surface area contributed by atoms with E-state index in [1.165, 1.54) is 14.2 Å². The number of nitrogens with one attached hydrogen (secondary N) is 5. The molecule has 4 aromatic rings. The average Bonchev–Trinajstić information content (AvgIpc) is 4.12. The molecule has 16 nitrogen and oxygen atoms in total. The number of amides is 4. The fourth-order valence-electron chi connectivity index (χ4n) is 10.2. The highest BCUT2D eigenvalue weighted by Gasteiger charge is 2.44. The van der Waals surface area contributed by atoms with Crippen molar-refractivity contribution in [3.8, 4) is 28.1 Å². The molecule has 0 radical (unpaired) electrons. The summed E-state index contributed by atoms with van der Waals surface area (Å²) in [5, 5.41) is 15.1. The number of rotatable bonds is 9. The number of aromatic nitrogens is 2. The van der Waals surface area contributed by atoms with Crippen LogP contribution in [-0.2, 0) is 30.4 Å². The van der Waals surface area contributed by atoms with E-state index in [0.717, 1.165) is 81.5 Å². The zero-order valence-electron chi connectivity index (χ0n) is 35.9. The second kappa shape index (κ2) is 17.0. The van der Waals surface area contributed by atoms with Gasteiger partial charge in [0.05, 0.1) is 49.6 Å². The molecule has 0 bridgehead atoms. The van der Waals surface area contributed by atoms with Crippen molar-refractivity contribution in [2.24, 2.45) is 11.8 Å². The number of H-pyrrole nitrogens is 1. The SMILES string of the molecule is COC(=O)N[C@H](C(=O)N1[C@@H](C)CC[C@H]1c1ncc(-c2ccc3c(c2)COc2cc4c5c(ccc4cc2-3)NC([C@@H]2CCCN2C(=O)[C@@H](NC(=O)OC)C2CCOCC2)N5)[nH]1)C(C)C. The van der Waals surface area contributed by atoms with Gasteiger partial charge in [0, 0.05) is 36.8 Å². The minimum Gasteiger partial charge on any atom is -0.488 e. The van der Waals surface area contributed by atoms with Crippen LogP contribution in [0.25, 0.3) is 33.2 Å². The number of benzene rings is 3. The number of ether oxygens (including phenoxy) is 4. The summed E-state index contributed by atoms with van der Waals surface area (Å²) >= 11 is 0. The topological polar surface area (TPSA) is 188 Å². The Hall–Kier alpha value is -6.03. The molecule has 1 unspecified atom stereocenters. The Balaban J connectivity index is 0.923. The number of imidazole rings is 1. The van der Waals surface area contributed by atoms with Gasteiger partial charge < -0.3 is 55.0 Å². The van der Waals surface area contributed by atoms with Gasteiger partial charge in [-0.2, -0.15) is 0 Å². The highest BCUT2D eigenvalue weighted by molar-refractivity contribution is 6.05. The summed E-state index contributed by atoms with van der Waals surface area (Å²) in [5.41, 5.74) is 6.91. The third kappa shape index (κ3) is 7.62. The molecule has 1 aromatic heterocycles. The molecule has 16 heteroatoms. The summed E-state index contributed by atoms with van der Waals surface area (Å²) in [5.74, 6) is 1.13. The maximum Gasteiger partial charge on any atom is 0.407 e. The van der Waals surface area contributed by atoms with Gasteiger partial charge in [-0.1, -0.05) is 32.0 Å². The second-order valence-corrected chi connectivity index (χ2v) is 17.5. The first-order valence-corrected chi connectivity index (χ1v) is 21.9. The van der Waals surface area contributed by atoms with Crippen molar-refractivity contribution in [1.82, 2.24) is 30.4 Å². The first kappa shape index (κ1) is 41.3. The monoisotopic (exact) mass is 848 g/mol. The van der Waals surface area contributed by atoms with Crippen molar-refractivity contribution >= 4 is 46.1 Å². The van der Waals surface area contributed by atoms with Gasteiger partial charge in [0.15, 0.2) is 0 Å². The summed E-state index contributed by atoms with van der Waals surface area (Å²) in [4.78, 5) is 64.6. The number of nitrogens with zero attached hydrogens (tertiary/aromatic N) is 3. The van der Waals surface area contributed by atoms with E-state index in [0.29, 0.717) is 45.0 Å². The van der Waals surface area contributed by atoms with Crippen molar-refractivity contribution in [2.45, 2.75) is 102 Å². The largest absolute Gasteiger partial charge is 0.488 e. The van der Waals surface area contributed by atoms with Crippen molar-refractivity contribution in [3.05, 3.63) is 60.0 Å². The number of hydrogen-bond acceptors (Lipinski definition) is 11. The smallest absolute Gasteiger partial charge is 0.407 e. The maximum absolute atomic E-state index is 14.2. The minimum atomic E-state index is -0.716. The van der Waals surface area contributed by atoms with Crippen LogP contribution in [0.3, 0.4) is 0 Å². The molecule has 5 aliphatic heterocycles. The number of hydrogen-bond donors (Lipinski definition) is 5. The molecule has 3 aromatic carbocycles. The fourth-order valence-corrected chi connectivity index (χ4v) is 10.2. The van der Waals surface area contributed by atoms with Crippen LogP contribution >= 0.6 is 0 Å². The quantitative estimate of drug-likeness (QED) is 0.123. The molecule has 9 rings (SSSR count). The van der Waals surface area contributed by atoms with Crippen LogP contribution in [0.1, 0.15) is 76.7 Å². The molecule has 0 aliphatic carbocycles.